The normalized spacial score (nSPS) is 11.6. The molecule has 0 aliphatic rings. The maximum Gasteiger partial charge on any atom is 0.329 e. The monoisotopic (exact) mass is 568 g/mol. The van der Waals surface area contributed by atoms with Gasteiger partial charge in [-0.3, -0.25) is 9.59 Å². The number of carbonyl (C=O) groups is 2. The molecule has 0 aliphatic carbocycles. The molecular formula is C27H22ClFN4O5S. The lowest BCUT2D eigenvalue weighted by atomic mass is 10.2. The summed E-state index contributed by atoms with van der Waals surface area (Å²) in [5, 5.41) is 6.23. The Morgan fingerprint density at radius 2 is 1.59 bits per heavy atom. The molecule has 0 atom stereocenters. The number of nitrogens with one attached hydrogen (secondary N) is 2. The zero-order chi connectivity index (χ0) is 27.8. The van der Waals surface area contributed by atoms with Gasteiger partial charge in [0.15, 0.2) is 0 Å². The lowest BCUT2D eigenvalue weighted by Gasteiger charge is -2.21. The first-order valence-electron chi connectivity index (χ1n) is 11.5. The molecule has 4 aromatic rings. The predicted octanol–water partition coefficient (Wildman–Crippen LogP) is 4.55. The summed E-state index contributed by atoms with van der Waals surface area (Å²) in [4.78, 5) is 24.0. The van der Waals surface area contributed by atoms with Crippen LogP contribution in [0.1, 0.15) is 17.1 Å². The van der Waals surface area contributed by atoms with E-state index in [0.717, 1.165) is 17.8 Å². The predicted molar refractivity (Wildman–Crippen MR) is 144 cm³/mol. The highest BCUT2D eigenvalue weighted by atomic mass is 35.5. The Morgan fingerprint density at radius 3 is 2.31 bits per heavy atom. The third-order valence-corrected chi connectivity index (χ3v) is 7.41. The summed E-state index contributed by atoms with van der Waals surface area (Å²) in [7, 11) is -3.92. The van der Waals surface area contributed by atoms with Crippen molar-refractivity contribution in [1.82, 2.24) is 9.73 Å². The molecule has 0 saturated heterocycles. The topological polar surface area (TPSA) is 121 Å². The van der Waals surface area contributed by atoms with Gasteiger partial charge in [0.25, 0.3) is 0 Å². The van der Waals surface area contributed by atoms with Crippen LogP contribution in [0.2, 0.25) is 5.02 Å². The molecule has 0 saturated carbocycles. The summed E-state index contributed by atoms with van der Waals surface area (Å²) in [5.74, 6) is -2.41. The highest BCUT2D eigenvalue weighted by Crippen LogP contribution is 2.23. The van der Waals surface area contributed by atoms with Crippen molar-refractivity contribution < 1.29 is 26.8 Å². The number of para-hydroxylation sites is 1. The van der Waals surface area contributed by atoms with Gasteiger partial charge in [-0.25, -0.2) is 18.2 Å². The van der Waals surface area contributed by atoms with Gasteiger partial charge in [-0.1, -0.05) is 54.1 Å². The fourth-order valence-electron chi connectivity index (χ4n) is 3.44. The summed E-state index contributed by atoms with van der Waals surface area (Å²) >= 11 is 5.93. The molecule has 0 fully saturated rings. The molecule has 39 heavy (non-hydrogen) atoms. The average molecular weight is 569 g/mol. The van der Waals surface area contributed by atoms with Crippen molar-refractivity contribution in [2.45, 2.75) is 18.0 Å². The molecule has 0 radical (unpaired) electrons. The van der Waals surface area contributed by atoms with Crippen molar-refractivity contribution in [2.75, 3.05) is 5.32 Å². The number of amides is 2. The van der Waals surface area contributed by atoms with Crippen LogP contribution in [0.5, 0.6) is 0 Å². The highest BCUT2D eigenvalue weighted by molar-refractivity contribution is 7.89. The molecule has 2 N–H and O–H groups in total. The van der Waals surface area contributed by atoms with E-state index in [4.69, 9.17) is 16.0 Å². The Kier molecular flexibility index (Phi) is 8.87. The number of hydrazone groups is 1. The highest BCUT2D eigenvalue weighted by Gasteiger charge is 2.26. The van der Waals surface area contributed by atoms with Crippen molar-refractivity contribution in [3.63, 3.8) is 0 Å². The van der Waals surface area contributed by atoms with E-state index >= 15 is 0 Å². The molecule has 9 nitrogen and oxygen atoms in total. The van der Waals surface area contributed by atoms with Crippen LogP contribution in [0.15, 0.2) is 105 Å². The van der Waals surface area contributed by atoms with E-state index in [2.05, 4.69) is 10.4 Å². The first-order chi connectivity index (χ1) is 18.7. The number of rotatable bonds is 9. The van der Waals surface area contributed by atoms with E-state index in [1.165, 1.54) is 52.8 Å². The van der Waals surface area contributed by atoms with Crippen LogP contribution < -0.4 is 10.7 Å². The largest absolute Gasteiger partial charge is 0.459 e. The molecule has 2 amide bonds. The van der Waals surface area contributed by atoms with Crippen molar-refractivity contribution in [1.29, 1.82) is 0 Å². The molecule has 4 rings (SSSR count). The van der Waals surface area contributed by atoms with Crippen LogP contribution in [-0.2, 0) is 32.7 Å². The van der Waals surface area contributed by atoms with Crippen LogP contribution in [-0.4, -0.2) is 30.8 Å². The summed E-state index contributed by atoms with van der Waals surface area (Å²) < 4.78 is 47.5. The number of benzene rings is 3. The van der Waals surface area contributed by atoms with Crippen LogP contribution in [0, 0.1) is 5.82 Å². The van der Waals surface area contributed by atoms with Gasteiger partial charge in [-0.05, 0) is 54.1 Å². The molecule has 3 aromatic carbocycles. The van der Waals surface area contributed by atoms with Crippen LogP contribution >= 0.6 is 11.6 Å². The molecule has 0 spiro atoms. The number of carbonyl (C=O) groups excluding carboxylic acids is 2. The van der Waals surface area contributed by atoms with Gasteiger partial charge in [0.2, 0.25) is 10.0 Å². The molecule has 1 aromatic heterocycles. The Labute approximate surface area is 228 Å². The summed E-state index contributed by atoms with van der Waals surface area (Å²) in [6, 6.07) is 23.5. The van der Waals surface area contributed by atoms with Gasteiger partial charge in [-0.2, -0.15) is 9.41 Å². The standard InChI is InChI=1S/C27H22ClFN4O5S/c28-20-10-14-23(15-11-20)39(36,37)33(17-19-6-2-1-3-7-19)18-22-13-12-21(38-22)16-30-32-27(35)26(34)31-25-9-5-4-8-24(25)29/h1-16H,17-18H2,(H,31,34)(H,32,35)/b30-16+. The third-order valence-electron chi connectivity index (χ3n) is 5.35. The minimum absolute atomic E-state index is 0.0764. The fourth-order valence-corrected chi connectivity index (χ4v) is 4.96. The van der Waals surface area contributed by atoms with E-state index in [9.17, 15) is 22.4 Å². The number of nitrogens with zero attached hydrogens (tertiary/aromatic N) is 2. The Balaban J connectivity index is 1.43. The quantitative estimate of drug-likeness (QED) is 0.174. The Hall–Kier alpha value is -4.32. The minimum Gasteiger partial charge on any atom is -0.459 e. The van der Waals surface area contributed by atoms with Gasteiger partial charge in [0.1, 0.15) is 17.3 Å². The molecule has 0 unspecified atom stereocenters. The van der Waals surface area contributed by atoms with E-state index in [1.807, 2.05) is 35.8 Å². The summed E-state index contributed by atoms with van der Waals surface area (Å²) in [6.45, 7) is -0.00576. The Bertz CT molecular complexity index is 1590. The molecule has 1 heterocycles. The number of anilines is 1. The Morgan fingerprint density at radius 1 is 0.897 bits per heavy atom. The molecular weight excluding hydrogens is 547 g/mol. The smallest absolute Gasteiger partial charge is 0.329 e. The lowest BCUT2D eigenvalue weighted by Crippen LogP contribution is -2.32. The van der Waals surface area contributed by atoms with Crippen molar-refractivity contribution in [3.8, 4) is 0 Å². The molecule has 12 heteroatoms. The number of hydrogen-bond acceptors (Lipinski definition) is 6. The van der Waals surface area contributed by atoms with Crippen LogP contribution in [0.4, 0.5) is 10.1 Å². The second kappa shape index (κ2) is 12.5. The van der Waals surface area contributed by atoms with Crippen molar-refractivity contribution in [2.24, 2.45) is 5.10 Å². The average Bonchev–Trinajstić information content (AvgIpc) is 3.37. The number of halogens is 2. The zero-order valence-electron chi connectivity index (χ0n) is 20.3. The summed E-state index contributed by atoms with van der Waals surface area (Å²) in [6.07, 6.45) is 1.15. The summed E-state index contributed by atoms with van der Waals surface area (Å²) in [5.41, 5.74) is 2.65. The number of hydrogen-bond donors (Lipinski definition) is 2. The van der Waals surface area contributed by atoms with Gasteiger partial charge in [-0.15, -0.1) is 0 Å². The van der Waals surface area contributed by atoms with Crippen molar-refractivity contribution >= 4 is 45.3 Å². The van der Waals surface area contributed by atoms with E-state index in [-0.39, 0.29) is 29.4 Å². The van der Waals surface area contributed by atoms with Crippen molar-refractivity contribution in [3.05, 3.63) is 119 Å². The molecule has 0 bridgehead atoms. The molecule has 200 valence electrons. The number of sulfonamides is 1. The second-order valence-corrected chi connectivity index (χ2v) is 10.5. The van der Waals surface area contributed by atoms with Crippen LogP contribution in [0.3, 0.4) is 0 Å². The van der Waals surface area contributed by atoms with E-state index < -0.39 is 27.7 Å². The van der Waals surface area contributed by atoms with Crippen LogP contribution in [0.25, 0.3) is 0 Å². The second-order valence-electron chi connectivity index (χ2n) is 8.15. The van der Waals surface area contributed by atoms with Gasteiger partial charge >= 0.3 is 11.8 Å². The first kappa shape index (κ1) is 27.7. The maximum atomic E-state index is 13.7. The first-order valence-corrected chi connectivity index (χ1v) is 13.3. The SMILES string of the molecule is O=C(N/N=C/c1ccc(CN(Cc2ccccc2)S(=O)(=O)c2ccc(Cl)cc2)o1)C(=O)Nc1ccccc1F. The molecule has 0 aliphatic heterocycles. The lowest BCUT2D eigenvalue weighted by molar-refractivity contribution is -0.136. The third kappa shape index (κ3) is 7.38. The maximum absolute atomic E-state index is 13.7. The van der Waals surface area contributed by atoms with E-state index in [1.54, 1.807) is 6.07 Å². The van der Waals surface area contributed by atoms with Gasteiger partial charge < -0.3 is 9.73 Å². The zero-order valence-corrected chi connectivity index (χ0v) is 21.8. The van der Waals surface area contributed by atoms with E-state index in [0.29, 0.717) is 10.8 Å². The van der Waals surface area contributed by atoms with Gasteiger partial charge in [0, 0.05) is 11.6 Å². The van der Waals surface area contributed by atoms with Gasteiger partial charge in [0.05, 0.1) is 23.3 Å². The fraction of sp³-hybridized carbons (Fsp3) is 0.0741. The minimum atomic E-state index is -3.92. The number of furan rings is 1.